The van der Waals surface area contributed by atoms with E-state index < -0.39 is 0 Å². The average Bonchev–Trinajstić information content (AvgIpc) is 2.87. The number of fused-ring (bicyclic) bond motifs is 3. The molecular formula is C17H20N4O2. The van der Waals surface area contributed by atoms with E-state index in [2.05, 4.69) is 14.4 Å². The first kappa shape index (κ1) is 15.4. The molecule has 0 N–H and O–H groups in total. The van der Waals surface area contributed by atoms with Crippen molar-refractivity contribution in [3.05, 3.63) is 51.7 Å². The summed E-state index contributed by atoms with van der Waals surface area (Å²) in [5.74, 6) is -0.178. The molecule has 0 bridgehead atoms. The lowest BCUT2D eigenvalue weighted by atomic mass is 9.90. The monoisotopic (exact) mass is 312 g/mol. The van der Waals surface area contributed by atoms with Crippen LogP contribution in [0.4, 0.5) is 0 Å². The van der Waals surface area contributed by atoms with Crippen LogP contribution in [0.15, 0.2) is 29.5 Å². The van der Waals surface area contributed by atoms with E-state index in [1.807, 2.05) is 31.3 Å². The van der Waals surface area contributed by atoms with Crippen molar-refractivity contribution in [3.63, 3.8) is 0 Å². The van der Waals surface area contributed by atoms with Crippen molar-refractivity contribution in [1.82, 2.24) is 4.40 Å². The largest absolute Gasteiger partial charge is 0.465 e. The molecule has 0 aromatic carbocycles. The lowest BCUT2D eigenvalue weighted by molar-refractivity contribution is -0.142. The summed E-state index contributed by atoms with van der Waals surface area (Å²) in [7, 11) is 0. The summed E-state index contributed by atoms with van der Waals surface area (Å²) < 4.78 is 7.37. The number of azide groups is 1. The van der Waals surface area contributed by atoms with Crippen LogP contribution in [0.1, 0.15) is 36.6 Å². The van der Waals surface area contributed by atoms with Gasteiger partial charge in [0, 0.05) is 28.4 Å². The summed E-state index contributed by atoms with van der Waals surface area (Å²) in [6, 6.07) is 5.98. The molecule has 2 aromatic rings. The van der Waals surface area contributed by atoms with Gasteiger partial charge in [-0.2, -0.15) is 0 Å². The maximum Gasteiger partial charge on any atom is 0.310 e. The highest BCUT2D eigenvalue weighted by atomic mass is 16.5. The van der Waals surface area contributed by atoms with Crippen LogP contribution in [0.2, 0.25) is 0 Å². The Morgan fingerprint density at radius 3 is 3.17 bits per heavy atom. The Bertz CT molecular complexity index is 774. The number of ether oxygens (including phenoxy) is 1. The van der Waals surface area contributed by atoms with E-state index in [9.17, 15) is 4.79 Å². The molecule has 2 aromatic heterocycles. The number of carbonyl (C=O) groups excluding carboxylic acids is 1. The topological polar surface area (TPSA) is 79.5 Å². The summed E-state index contributed by atoms with van der Waals surface area (Å²) in [6.45, 7) is 2.45. The predicted octanol–water partition coefficient (Wildman–Crippen LogP) is 3.60. The molecule has 23 heavy (non-hydrogen) atoms. The van der Waals surface area contributed by atoms with E-state index in [1.165, 1.54) is 5.56 Å². The lowest BCUT2D eigenvalue weighted by Gasteiger charge is -2.19. The fourth-order valence-electron chi connectivity index (χ4n) is 3.33. The second-order valence-electron chi connectivity index (χ2n) is 5.86. The molecule has 0 radical (unpaired) electrons. The van der Waals surface area contributed by atoms with Crippen molar-refractivity contribution in [2.45, 2.75) is 45.1 Å². The van der Waals surface area contributed by atoms with Gasteiger partial charge in [-0.25, -0.2) is 0 Å². The van der Waals surface area contributed by atoms with Gasteiger partial charge in [0.25, 0.3) is 0 Å². The number of nitrogens with zero attached hydrogens (tertiary/aromatic N) is 4. The van der Waals surface area contributed by atoms with Crippen LogP contribution in [-0.2, 0) is 28.8 Å². The molecule has 6 nitrogen and oxygen atoms in total. The number of pyridine rings is 1. The molecule has 1 aliphatic carbocycles. The van der Waals surface area contributed by atoms with Crippen LogP contribution in [0, 0.1) is 0 Å². The van der Waals surface area contributed by atoms with E-state index in [0.717, 1.165) is 36.0 Å². The van der Waals surface area contributed by atoms with Gasteiger partial charge in [-0.3, -0.25) is 4.79 Å². The van der Waals surface area contributed by atoms with Crippen molar-refractivity contribution in [3.8, 4) is 0 Å². The quantitative estimate of drug-likeness (QED) is 0.366. The van der Waals surface area contributed by atoms with Crippen molar-refractivity contribution in [2.24, 2.45) is 5.11 Å². The molecule has 0 fully saturated rings. The number of esters is 1. The van der Waals surface area contributed by atoms with E-state index in [4.69, 9.17) is 10.3 Å². The number of rotatable bonds is 5. The molecule has 0 saturated carbocycles. The van der Waals surface area contributed by atoms with Gasteiger partial charge in [0.1, 0.15) is 0 Å². The van der Waals surface area contributed by atoms with Crippen LogP contribution in [-0.4, -0.2) is 23.0 Å². The molecule has 0 saturated heterocycles. The normalized spacial score (nSPS) is 16.7. The Hall–Kier alpha value is -2.46. The first-order chi connectivity index (χ1) is 11.2. The van der Waals surface area contributed by atoms with Gasteiger partial charge in [0.2, 0.25) is 0 Å². The summed E-state index contributed by atoms with van der Waals surface area (Å²) in [4.78, 5) is 15.0. The first-order valence-electron chi connectivity index (χ1n) is 8.04. The fraction of sp³-hybridized carbons (Fsp3) is 0.471. The maximum absolute atomic E-state index is 12.1. The second kappa shape index (κ2) is 6.75. The summed E-state index contributed by atoms with van der Waals surface area (Å²) in [5.41, 5.74) is 13.2. The van der Waals surface area contributed by atoms with Crippen LogP contribution in [0.5, 0.6) is 0 Å². The molecule has 1 aliphatic rings. The first-order valence-corrected chi connectivity index (χ1v) is 8.04. The van der Waals surface area contributed by atoms with Crippen molar-refractivity contribution in [1.29, 1.82) is 0 Å². The minimum absolute atomic E-state index is 0.00861. The van der Waals surface area contributed by atoms with Crippen LogP contribution in [0.3, 0.4) is 0 Å². The molecule has 3 rings (SSSR count). The van der Waals surface area contributed by atoms with Crippen LogP contribution < -0.4 is 0 Å². The highest BCUT2D eigenvalue weighted by Gasteiger charge is 2.26. The molecule has 2 heterocycles. The number of hydrogen-bond donors (Lipinski definition) is 0. The van der Waals surface area contributed by atoms with E-state index in [-0.39, 0.29) is 12.0 Å². The highest BCUT2D eigenvalue weighted by Crippen LogP contribution is 2.32. The van der Waals surface area contributed by atoms with E-state index >= 15 is 0 Å². The molecule has 0 aliphatic heterocycles. The summed E-state index contributed by atoms with van der Waals surface area (Å²) in [6.07, 6.45) is 5.51. The van der Waals surface area contributed by atoms with Gasteiger partial charge in [-0.15, -0.1) is 0 Å². The molecule has 1 atom stereocenters. The number of carbonyl (C=O) groups is 1. The second-order valence-corrected chi connectivity index (χ2v) is 5.86. The number of hydrogen-bond acceptors (Lipinski definition) is 3. The minimum atomic E-state index is -0.178. The standard InChI is InChI=1S/C17H20N4O2/c1-2-9-23-17(22)11-14-13-7-6-12(19-20-18)10-16(13)21-8-4-3-5-15(14)21/h3-5,8,12H,2,6-7,9-11H2,1H3. The Labute approximate surface area is 134 Å². The summed E-state index contributed by atoms with van der Waals surface area (Å²) in [5, 5.41) is 3.88. The average molecular weight is 312 g/mol. The molecule has 1 unspecified atom stereocenters. The Kier molecular flexibility index (Phi) is 4.53. The van der Waals surface area contributed by atoms with E-state index in [0.29, 0.717) is 19.4 Å². The maximum atomic E-state index is 12.1. The van der Waals surface area contributed by atoms with Gasteiger partial charge in [-0.05, 0) is 54.5 Å². The number of aromatic nitrogens is 1. The van der Waals surface area contributed by atoms with Crippen molar-refractivity contribution < 1.29 is 9.53 Å². The fourth-order valence-corrected chi connectivity index (χ4v) is 3.33. The predicted molar refractivity (Wildman–Crippen MR) is 87.3 cm³/mol. The van der Waals surface area contributed by atoms with Gasteiger partial charge in [-0.1, -0.05) is 18.1 Å². The zero-order chi connectivity index (χ0) is 16.2. The lowest BCUT2D eigenvalue weighted by Crippen LogP contribution is -2.18. The Morgan fingerprint density at radius 1 is 1.52 bits per heavy atom. The zero-order valence-corrected chi connectivity index (χ0v) is 13.2. The van der Waals surface area contributed by atoms with Gasteiger partial charge in [0.15, 0.2) is 0 Å². The molecule has 0 amide bonds. The van der Waals surface area contributed by atoms with Crippen molar-refractivity contribution >= 4 is 11.5 Å². The van der Waals surface area contributed by atoms with E-state index in [1.54, 1.807) is 0 Å². The van der Waals surface area contributed by atoms with Crippen molar-refractivity contribution in [2.75, 3.05) is 6.61 Å². The Morgan fingerprint density at radius 2 is 2.39 bits per heavy atom. The zero-order valence-electron chi connectivity index (χ0n) is 13.2. The van der Waals surface area contributed by atoms with Gasteiger partial charge < -0.3 is 9.14 Å². The highest BCUT2D eigenvalue weighted by molar-refractivity contribution is 5.78. The summed E-state index contributed by atoms with van der Waals surface area (Å²) >= 11 is 0. The van der Waals surface area contributed by atoms with Gasteiger partial charge in [0.05, 0.1) is 13.0 Å². The Balaban J connectivity index is 1.99. The SMILES string of the molecule is CCCOC(=O)Cc1c2c(n3ccccc13)CC(N=[N+]=[N-])CC2. The van der Waals surface area contributed by atoms with Gasteiger partial charge >= 0.3 is 5.97 Å². The molecule has 0 spiro atoms. The molecule has 6 heteroatoms. The third-order valence-corrected chi connectivity index (χ3v) is 4.33. The smallest absolute Gasteiger partial charge is 0.310 e. The molecule has 120 valence electrons. The van der Waals surface area contributed by atoms with Crippen LogP contribution in [0.25, 0.3) is 16.0 Å². The minimum Gasteiger partial charge on any atom is -0.465 e. The third-order valence-electron chi connectivity index (χ3n) is 4.33. The third kappa shape index (κ3) is 3.03. The molecular weight excluding hydrogens is 292 g/mol. The van der Waals surface area contributed by atoms with Crippen LogP contribution >= 0.6 is 0 Å².